The molecule has 2 rings (SSSR count). The molecule has 0 N–H and O–H groups in total. The van der Waals surface area contributed by atoms with Crippen molar-refractivity contribution in [3.8, 4) is 45.6 Å². The minimum absolute atomic E-state index is 0.534. The Hall–Kier alpha value is -2.76. The zero-order valence-corrected chi connectivity index (χ0v) is 16.6. The lowest BCUT2D eigenvalue weighted by molar-refractivity contribution is 0.342. The number of methoxy groups -OCH3 is 6. The van der Waals surface area contributed by atoms with E-state index in [1.54, 1.807) is 42.7 Å². The molecule has 0 spiro atoms. The summed E-state index contributed by atoms with van der Waals surface area (Å²) in [5.74, 6) is 3.53. The second-order valence-electron chi connectivity index (χ2n) is 5.67. The van der Waals surface area contributed by atoms with Crippen molar-refractivity contribution in [2.75, 3.05) is 42.7 Å². The first-order valence-corrected chi connectivity index (χ1v) is 8.08. The third kappa shape index (κ3) is 3.07. The van der Waals surface area contributed by atoms with Gasteiger partial charge in [0.15, 0.2) is 23.0 Å². The Balaban J connectivity index is 3.04. The van der Waals surface area contributed by atoms with Crippen LogP contribution in [0, 0.1) is 13.8 Å². The van der Waals surface area contributed by atoms with Crippen LogP contribution in [0.3, 0.4) is 0 Å². The van der Waals surface area contributed by atoms with Crippen LogP contribution in [0.15, 0.2) is 12.1 Å². The molecule has 0 unspecified atom stereocenters. The molecule has 142 valence electrons. The standard InChI is InChI=1S/C20H26O6/c1-11-9-13(21-3)15(19(25-7)17(11)23-5)16-14(22-4)10-12(2)18(24-6)20(16)26-8/h9-10H,1-8H3. The normalized spacial score (nSPS) is 10.3. The molecule has 0 fully saturated rings. The fourth-order valence-electron chi connectivity index (χ4n) is 3.17. The van der Waals surface area contributed by atoms with Gasteiger partial charge in [-0.25, -0.2) is 0 Å². The third-order valence-electron chi connectivity index (χ3n) is 4.28. The maximum atomic E-state index is 5.69. The molecule has 2 aromatic carbocycles. The second kappa shape index (κ2) is 8.08. The minimum atomic E-state index is 0.534. The number of rotatable bonds is 7. The molecule has 0 radical (unpaired) electrons. The smallest absolute Gasteiger partial charge is 0.172 e. The maximum absolute atomic E-state index is 5.69. The SMILES string of the molecule is COc1cc(C)c(OC)c(OC)c1-c1c(OC)cc(C)c(OC)c1OC. The van der Waals surface area contributed by atoms with Gasteiger partial charge in [-0.1, -0.05) is 0 Å². The summed E-state index contributed by atoms with van der Waals surface area (Å²) in [6, 6.07) is 3.78. The molecule has 0 bridgehead atoms. The first-order chi connectivity index (χ1) is 12.5. The van der Waals surface area contributed by atoms with Crippen LogP contribution in [-0.4, -0.2) is 42.7 Å². The summed E-state index contributed by atoms with van der Waals surface area (Å²) < 4.78 is 33.8. The van der Waals surface area contributed by atoms with Crippen LogP contribution < -0.4 is 28.4 Å². The van der Waals surface area contributed by atoms with E-state index in [0.717, 1.165) is 11.1 Å². The van der Waals surface area contributed by atoms with Gasteiger partial charge in [-0.2, -0.15) is 0 Å². The van der Waals surface area contributed by atoms with Crippen LogP contribution in [0.2, 0.25) is 0 Å². The summed E-state index contributed by atoms with van der Waals surface area (Å²) in [6.07, 6.45) is 0. The minimum Gasteiger partial charge on any atom is -0.496 e. The van der Waals surface area contributed by atoms with Gasteiger partial charge in [-0.05, 0) is 37.1 Å². The Labute approximate surface area is 154 Å². The molecule has 6 nitrogen and oxygen atoms in total. The highest BCUT2D eigenvalue weighted by molar-refractivity contribution is 5.90. The van der Waals surface area contributed by atoms with Crippen molar-refractivity contribution in [1.29, 1.82) is 0 Å². The van der Waals surface area contributed by atoms with Crippen LogP contribution in [-0.2, 0) is 0 Å². The lowest BCUT2D eigenvalue weighted by Crippen LogP contribution is -2.03. The summed E-state index contributed by atoms with van der Waals surface area (Å²) in [6.45, 7) is 3.86. The lowest BCUT2D eigenvalue weighted by atomic mass is 9.96. The van der Waals surface area contributed by atoms with Gasteiger partial charge >= 0.3 is 0 Å². The van der Waals surface area contributed by atoms with Crippen LogP contribution in [0.5, 0.6) is 34.5 Å². The molecule has 0 heterocycles. The van der Waals surface area contributed by atoms with E-state index in [1.165, 1.54) is 0 Å². The molecular weight excluding hydrogens is 336 g/mol. The van der Waals surface area contributed by atoms with Crippen LogP contribution >= 0.6 is 0 Å². The average Bonchev–Trinajstić information content (AvgIpc) is 2.65. The molecule has 0 aliphatic rings. The van der Waals surface area contributed by atoms with Gasteiger partial charge in [0.2, 0.25) is 0 Å². The van der Waals surface area contributed by atoms with Gasteiger partial charge in [-0.3, -0.25) is 0 Å². The van der Waals surface area contributed by atoms with Crippen molar-refractivity contribution in [1.82, 2.24) is 0 Å². The first-order valence-electron chi connectivity index (χ1n) is 8.08. The van der Waals surface area contributed by atoms with Gasteiger partial charge in [0.25, 0.3) is 0 Å². The summed E-state index contributed by atoms with van der Waals surface area (Å²) in [4.78, 5) is 0. The van der Waals surface area contributed by atoms with Gasteiger partial charge < -0.3 is 28.4 Å². The Kier molecular flexibility index (Phi) is 6.08. The number of hydrogen-bond acceptors (Lipinski definition) is 6. The highest BCUT2D eigenvalue weighted by atomic mass is 16.5. The van der Waals surface area contributed by atoms with Crippen LogP contribution in [0.25, 0.3) is 11.1 Å². The van der Waals surface area contributed by atoms with Gasteiger partial charge in [0.1, 0.15) is 11.5 Å². The zero-order valence-electron chi connectivity index (χ0n) is 16.6. The summed E-state index contributed by atoms with van der Waals surface area (Å²) >= 11 is 0. The molecule has 0 amide bonds. The molecular formula is C20H26O6. The predicted octanol–water partition coefficient (Wildman–Crippen LogP) is 4.02. The Morgan fingerprint density at radius 3 is 1.00 bits per heavy atom. The van der Waals surface area contributed by atoms with Crippen LogP contribution in [0.4, 0.5) is 0 Å². The Morgan fingerprint density at radius 2 is 0.769 bits per heavy atom. The number of aryl methyl sites for hydroxylation is 2. The van der Waals surface area contributed by atoms with E-state index in [0.29, 0.717) is 45.6 Å². The summed E-state index contributed by atoms with van der Waals surface area (Å²) in [5, 5.41) is 0. The highest BCUT2D eigenvalue weighted by Crippen LogP contribution is 2.55. The second-order valence-corrected chi connectivity index (χ2v) is 5.67. The van der Waals surface area contributed by atoms with E-state index in [1.807, 2.05) is 26.0 Å². The highest BCUT2D eigenvalue weighted by Gasteiger charge is 2.28. The maximum Gasteiger partial charge on any atom is 0.172 e. The molecule has 0 aliphatic carbocycles. The van der Waals surface area contributed by atoms with E-state index >= 15 is 0 Å². The molecule has 0 atom stereocenters. The third-order valence-corrected chi connectivity index (χ3v) is 4.28. The van der Waals surface area contributed by atoms with E-state index < -0.39 is 0 Å². The van der Waals surface area contributed by atoms with Crippen molar-refractivity contribution in [3.05, 3.63) is 23.3 Å². The molecule has 2 aromatic rings. The van der Waals surface area contributed by atoms with Crippen molar-refractivity contribution in [2.24, 2.45) is 0 Å². The van der Waals surface area contributed by atoms with Crippen molar-refractivity contribution < 1.29 is 28.4 Å². The molecule has 6 heteroatoms. The number of benzene rings is 2. The largest absolute Gasteiger partial charge is 0.496 e. The summed E-state index contributed by atoms with van der Waals surface area (Å²) in [7, 11) is 9.59. The van der Waals surface area contributed by atoms with Gasteiger partial charge in [-0.15, -0.1) is 0 Å². The zero-order chi connectivity index (χ0) is 19.4. The fraction of sp³-hybridized carbons (Fsp3) is 0.400. The van der Waals surface area contributed by atoms with Gasteiger partial charge in [0.05, 0.1) is 53.8 Å². The lowest BCUT2D eigenvalue weighted by Gasteiger charge is -2.23. The van der Waals surface area contributed by atoms with Crippen molar-refractivity contribution in [3.63, 3.8) is 0 Å². The molecule has 0 saturated heterocycles. The molecule has 0 aliphatic heterocycles. The van der Waals surface area contributed by atoms with Crippen molar-refractivity contribution in [2.45, 2.75) is 13.8 Å². The topological polar surface area (TPSA) is 55.4 Å². The molecule has 0 saturated carbocycles. The predicted molar refractivity (Wildman–Crippen MR) is 101 cm³/mol. The van der Waals surface area contributed by atoms with Gasteiger partial charge in [0, 0.05) is 0 Å². The average molecular weight is 362 g/mol. The monoisotopic (exact) mass is 362 g/mol. The quantitative estimate of drug-likeness (QED) is 0.741. The van der Waals surface area contributed by atoms with Crippen molar-refractivity contribution >= 4 is 0 Å². The molecule has 0 aromatic heterocycles. The Morgan fingerprint density at radius 1 is 0.462 bits per heavy atom. The Bertz CT molecular complexity index is 730. The summed E-state index contributed by atoms with van der Waals surface area (Å²) in [5.41, 5.74) is 3.12. The van der Waals surface area contributed by atoms with Crippen LogP contribution in [0.1, 0.15) is 11.1 Å². The first kappa shape index (κ1) is 19.6. The van der Waals surface area contributed by atoms with E-state index in [9.17, 15) is 0 Å². The van der Waals surface area contributed by atoms with E-state index in [2.05, 4.69) is 0 Å². The fourth-order valence-corrected chi connectivity index (χ4v) is 3.17. The number of ether oxygens (including phenoxy) is 6. The molecule has 26 heavy (non-hydrogen) atoms. The number of hydrogen-bond donors (Lipinski definition) is 0. The van der Waals surface area contributed by atoms with E-state index in [4.69, 9.17) is 28.4 Å². The van der Waals surface area contributed by atoms with E-state index in [-0.39, 0.29) is 0 Å².